The van der Waals surface area contributed by atoms with Gasteiger partial charge >= 0.3 is 0 Å². The van der Waals surface area contributed by atoms with Crippen LogP contribution in [0.5, 0.6) is 0 Å². The summed E-state index contributed by atoms with van der Waals surface area (Å²) < 4.78 is 5.62. The molecule has 0 spiro atoms. The van der Waals surface area contributed by atoms with Gasteiger partial charge in [0, 0.05) is 17.0 Å². The van der Waals surface area contributed by atoms with E-state index in [0.29, 0.717) is 12.0 Å². The van der Waals surface area contributed by atoms with E-state index < -0.39 is 0 Å². The van der Waals surface area contributed by atoms with Gasteiger partial charge in [0.2, 0.25) is 11.7 Å². The first-order chi connectivity index (χ1) is 10.3. The molecule has 1 aliphatic rings. The first kappa shape index (κ1) is 14.7. The molecule has 114 valence electrons. The third-order valence-electron chi connectivity index (χ3n) is 4.34. The second-order valence-electron chi connectivity index (χ2n) is 5.83. The third kappa shape index (κ3) is 3.19. The lowest BCUT2D eigenvalue weighted by molar-refractivity contribution is 0.306. The van der Waals surface area contributed by atoms with Crippen molar-refractivity contribution >= 4 is 11.3 Å². The number of aromatic nitrogens is 2. The zero-order valence-corrected chi connectivity index (χ0v) is 13.6. The molecule has 2 aromatic heterocycles. The molecule has 0 aliphatic heterocycles. The van der Waals surface area contributed by atoms with Gasteiger partial charge in [-0.3, -0.25) is 0 Å². The maximum atomic E-state index is 5.62. The number of nitrogens with one attached hydrogen (secondary N) is 1. The standard InChI is InChI=1S/C16H23N3OS/c1-3-17-14-8-6-4-5-7-12(14)16-18-15(19-20-16)13-10-21-9-11(13)2/h9-10,12,14,17H,3-8H2,1-2H3. The average molecular weight is 305 g/mol. The maximum absolute atomic E-state index is 5.62. The van der Waals surface area contributed by atoms with Gasteiger partial charge in [-0.1, -0.05) is 31.3 Å². The summed E-state index contributed by atoms with van der Waals surface area (Å²) in [7, 11) is 0. The predicted molar refractivity (Wildman–Crippen MR) is 85.6 cm³/mol. The predicted octanol–water partition coefficient (Wildman–Crippen LogP) is 4.13. The van der Waals surface area contributed by atoms with Gasteiger partial charge in [-0.15, -0.1) is 0 Å². The summed E-state index contributed by atoms with van der Waals surface area (Å²) in [5.41, 5.74) is 2.32. The molecule has 2 atom stereocenters. The van der Waals surface area contributed by atoms with E-state index in [0.717, 1.165) is 30.2 Å². The molecule has 4 nitrogen and oxygen atoms in total. The van der Waals surface area contributed by atoms with Crippen LogP contribution in [0.4, 0.5) is 0 Å². The Morgan fingerprint density at radius 2 is 2.14 bits per heavy atom. The Morgan fingerprint density at radius 1 is 1.29 bits per heavy atom. The highest BCUT2D eigenvalue weighted by Gasteiger charge is 2.29. The monoisotopic (exact) mass is 305 g/mol. The summed E-state index contributed by atoms with van der Waals surface area (Å²) in [5, 5.41) is 12.0. The van der Waals surface area contributed by atoms with E-state index in [9.17, 15) is 0 Å². The van der Waals surface area contributed by atoms with Crippen LogP contribution < -0.4 is 5.32 Å². The van der Waals surface area contributed by atoms with Crippen LogP contribution in [-0.4, -0.2) is 22.7 Å². The normalized spacial score (nSPS) is 23.1. The Kier molecular flexibility index (Phi) is 4.70. The Labute approximate surface area is 130 Å². The Morgan fingerprint density at radius 3 is 2.90 bits per heavy atom. The number of nitrogens with zero attached hydrogens (tertiary/aromatic N) is 2. The number of thiophene rings is 1. The van der Waals surface area contributed by atoms with Crippen LogP contribution in [0.1, 0.15) is 56.4 Å². The molecule has 2 aromatic rings. The highest BCUT2D eigenvalue weighted by atomic mass is 32.1. The number of hydrogen-bond donors (Lipinski definition) is 1. The second kappa shape index (κ2) is 6.71. The lowest BCUT2D eigenvalue weighted by atomic mass is 9.94. The molecule has 0 bridgehead atoms. The molecule has 0 radical (unpaired) electrons. The summed E-state index contributed by atoms with van der Waals surface area (Å²) in [4.78, 5) is 4.70. The summed E-state index contributed by atoms with van der Waals surface area (Å²) in [5.74, 6) is 1.90. The van der Waals surface area contributed by atoms with E-state index in [-0.39, 0.29) is 0 Å². The third-order valence-corrected chi connectivity index (χ3v) is 5.20. The quantitative estimate of drug-likeness (QED) is 0.863. The van der Waals surface area contributed by atoms with E-state index in [1.54, 1.807) is 11.3 Å². The minimum Gasteiger partial charge on any atom is -0.339 e. The molecule has 1 aliphatic carbocycles. The van der Waals surface area contributed by atoms with E-state index in [2.05, 4.69) is 35.1 Å². The van der Waals surface area contributed by atoms with Crippen molar-refractivity contribution < 1.29 is 4.52 Å². The van der Waals surface area contributed by atoms with Gasteiger partial charge in [-0.25, -0.2) is 0 Å². The number of rotatable bonds is 4. The first-order valence-electron chi connectivity index (χ1n) is 7.89. The fraction of sp³-hybridized carbons (Fsp3) is 0.625. The lowest BCUT2D eigenvalue weighted by Crippen LogP contribution is -2.34. The first-order valence-corrected chi connectivity index (χ1v) is 8.84. The van der Waals surface area contributed by atoms with Crippen LogP contribution in [0.15, 0.2) is 15.3 Å². The van der Waals surface area contributed by atoms with Crippen molar-refractivity contribution in [2.75, 3.05) is 6.54 Å². The molecule has 5 heteroatoms. The molecule has 0 saturated heterocycles. The van der Waals surface area contributed by atoms with Gasteiger partial charge in [0.15, 0.2) is 0 Å². The Hall–Kier alpha value is -1.20. The molecule has 1 N–H and O–H groups in total. The van der Waals surface area contributed by atoms with Gasteiger partial charge in [-0.2, -0.15) is 16.3 Å². The van der Waals surface area contributed by atoms with Crippen molar-refractivity contribution in [3.63, 3.8) is 0 Å². The maximum Gasteiger partial charge on any atom is 0.231 e. The largest absolute Gasteiger partial charge is 0.339 e. The van der Waals surface area contributed by atoms with Crippen molar-refractivity contribution in [3.05, 3.63) is 22.2 Å². The van der Waals surface area contributed by atoms with Crippen molar-refractivity contribution in [2.24, 2.45) is 0 Å². The van der Waals surface area contributed by atoms with Gasteiger partial charge in [0.1, 0.15) is 0 Å². The summed E-state index contributed by atoms with van der Waals surface area (Å²) >= 11 is 1.68. The van der Waals surface area contributed by atoms with Crippen LogP contribution in [0, 0.1) is 6.92 Å². The minimum absolute atomic E-state index is 0.354. The fourth-order valence-corrected chi connectivity index (χ4v) is 4.02. The van der Waals surface area contributed by atoms with Crippen LogP contribution in [-0.2, 0) is 0 Å². The van der Waals surface area contributed by atoms with Crippen molar-refractivity contribution in [2.45, 2.75) is 57.9 Å². The molecule has 1 saturated carbocycles. The van der Waals surface area contributed by atoms with Crippen molar-refractivity contribution in [1.29, 1.82) is 0 Å². The smallest absolute Gasteiger partial charge is 0.231 e. The molecule has 2 unspecified atom stereocenters. The summed E-state index contributed by atoms with van der Waals surface area (Å²) in [6.45, 7) is 5.25. The SMILES string of the molecule is CCNC1CCCCCC1c1nc(-c2cscc2C)no1. The molecule has 2 heterocycles. The molecule has 3 rings (SSSR count). The Balaban J connectivity index is 1.84. The van der Waals surface area contributed by atoms with E-state index >= 15 is 0 Å². The molecule has 1 fully saturated rings. The minimum atomic E-state index is 0.354. The zero-order valence-electron chi connectivity index (χ0n) is 12.8. The average Bonchev–Trinajstić information content (AvgIpc) is 3.05. The van der Waals surface area contributed by atoms with Crippen LogP contribution in [0.3, 0.4) is 0 Å². The number of likely N-dealkylation sites (N-methyl/N-ethyl adjacent to an activating group) is 1. The molecular formula is C16H23N3OS. The molecule has 0 amide bonds. The van der Waals surface area contributed by atoms with Gasteiger partial charge in [0.25, 0.3) is 0 Å². The lowest BCUT2D eigenvalue weighted by Gasteiger charge is -2.22. The van der Waals surface area contributed by atoms with E-state index in [1.165, 1.54) is 31.2 Å². The zero-order chi connectivity index (χ0) is 14.7. The van der Waals surface area contributed by atoms with Crippen LogP contribution in [0.25, 0.3) is 11.4 Å². The van der Waals surface area contributed by atoms with E-state index in [4.69, 9.17) is 9.51 Å². The van der Waals surface area contributed by atoms with Gasteiger partial charge in [-0.05, 0) is 37.3 Å². The van der Waals surface area contributed by atoms with Crippen LogP contribution >= 0.6 is 11.3 Å². The Bertz CT molecular complexity index is 578. The van der Waals surface area contributed by atoms with Crippen LogP contribution in [0.2, 0.25) is 0 Å². The number of aryl methyl sites for hydroxylation is 1. The second-order valence-corrected chi connectivity index (χ2v) is 6.58. The van der Waals surface area contributed by atoms with Crippen molar-refractivity contribution in [3.8, 4) is 11.4 Å². The molecule has 21 heavy (non-hydrogen) atoms. The van der Waals surface area contributed by atoms with E-state index in [1.807, 2.05) is 0 Å². The number of hydrogen-bond acceptors (Lipinski definition) is 5. The summed E-state index contributed by atoms with van der Waals surface area (Å²) in [6, 6.07) is 0.467. The van der Waals surface area contributed by atoms with Crippen molar-refractivity contribution in [1.82, 2.24) is 15.5 Å². The molecular weight excluding hydrogens is 282 g/mol. The highest BCUT2D eigenvalue weighted by Crippen LogP contribution is 2.33. The van der Waals surface area contributed by atoms with Gasteiger partial charge in [0.05, 0.1) is 5.92 Å². The summed E-state index contributed by atoms with van der Waals surface area (Å²) in [6.07, 6.45) is 6.19. The highest BCUT2D eigenvalue weighted by molar-refractivity contribution is 7.08. The molecule has 0 aromatic carbocycles. The fourth-order valence-electron chi connectivity index (χ4n) is 3.19. The van der Waals surface area contributed by atoms with Gasteiger partial charge < -0.3 is 9.84 Å². The topological polar surface area (TPSA) is 51.0 Å².